The lowest BCUT2D eigenvalue weighted by Gasteiger charge is -2.13. The predicted octanol–water partition coefficient (Wildman–Crippen LogP) is 1.85. The van der Waals surface area contributed by atoms with Gasteiger partial charge in [-0.05, 0) is 36.6 Å². The summed E-state index contributed by atoms with van der Waals surface area (Å²) in [5, 5.41) is 7.09. The van der Waals surface area contributed by atoms with Crippen LogP contribution in [0.25, 0.3) is 0 Å². The number of carbonyl (C=O) groups excluding carboxylic acids is 1. The molecule has 21 heavy (non-hydrogen) atoms. The molecule has 0 fully saturated rings. The fourth-order valence-electron chi connectivity index (χ4n) is 2.12. The average Bonchev–Trinajstić information content (AvgIpc) is 2.89. The number of nitrogens with zero attached hydrogens (tertiary/aromatic N) is 3. The lowest BCUT2D eigenvalue weighted by atomic mass is 10.1. The molecule has 1 amide bonds. The standard InChI is InChI=1S/C16H22N4O/c1-19(2)15-8-4-7-14(10-15)16(21)17-9-5-6-13-11-18-20(3)12-13/h4,7-8,10-12H,5-6,9H2,1-3H3,(H,17,21). The molecule has 0 aliphatic rings. The molecule has 5 heteroatoms. The Morgan fingerprint density at radius 3 is 2.86 bits per heavy atom. The first-order valence-corrected chi connectivity index (χ1v) is 7.09. The summed E-state index contributed by atoms with van der Waals surface area (Å²) in [5.74, 6) is -0.0233. The van der Waals surface area contributed by atoms with Crippen LogP contribution in [-0.2, 0) is 13.5 Å². The average molecular weight is 286 g/mol. The molecular weight excluding hydrogens is 264 g/mol. The number of rotatable bonds is 6. The summed E-state index contributed by atoms with van der Waals surface area (Å²) in [5.41, 5.74) is 2.92. The van der Waals surface area contributed by atoms with Crippen molar-refractivity contribution >= 4 is 11.6 Å². The zero-order valence-corrected chi connectivity index (χ0v) is 12.8. The van der Waals surface area contributed by atoms with Gasteiger partial charge in [0.25, 0.3) is 5.91 Å². The number of benzene rings is 1. The zero-order valence-electron chi connectivity index (χ0n) is 12.8. The molecule has 1 aromatic carbocycles. The zero-order chi connectivity index (χ0) is 15.2. The SMILES string of the molecule is CN(C)c1cccc(C(=O)NCCCc2cnn(C)c2)c1. The fraction of sp³-hybridized carbons (Fsp3) is 0.375. The van der Waals surface area contributed by atoms with E-state index in [0.29, 0.717) is 12.1 Å². The third-order valence-corrected chi connectivity index (χ3v) is 3.31. The van der Waals surface area contributed by atoms with Gasteiger partial charge in [-0.1, -0.05) is 6.07 Å². The van der Waals surface area contributed by atoms with Gasteiger partial charge in [0.05, 0.1) is 6.20 Å². The molecule has 0 aliphatic heterocycles. The summed E-state index contributed by atoms with van der Waals surface area (Å²) in [6, 6.07) is 7.62. The number of hydrogen-bond donors (Lipinski definition) is 1. The maximum absolute atomic E-state index is 12.1. The molecular formula is C16H22N4O. The molecule has 0 saturated heterocycles. The quantitative estimate of drug-likeness (QED) is 0.825. The van der Waals surface area contributed by atoms with Gasteiger partial charge in [-0.2, -0.15) is 5.10 Å². The second-order valence-corrected chi connectivity index (χ2v) is 5.33. The third kappa shape index (κ3) is 4.34. The summed E-state index contributed by atoms with van der Waals surface area (Å²) in [4.78, 5) is 14.1. The molecule has 5 nitrogen and oxygen atoms in total. The number of nitrogens with one attached hydrogen (secondary N) is 1. The molecule has 2 rings (SSSR count). The van der Waals surface area contributed by atoms with E-state index in [1.54, 1.807) is 4.68 Å². The fourth-order valence-corrected chi connectivity index (χ4v) is 2.12. The van der Waals surface area contributed by atoms with Gasteiger partial charge >= 0.3 is 0 Å². The molecule has 0 radical (unpaired) electrons. The topological polar surface area (TPSA) is 50.2 Å². The third-order valence-electron chi connectivity index (χ3n) is 3.31. The molecule has 1 aromatic heterocycles. The summed E-state index contributed by atoms with van der Waals surface area (Å²) in [6.07, 6.45) is 5.70. The van der Waals surface area contributed by atoms with E-state index in [4.69, 9.17) is 0 Å². The molecule has 0 saturated carbocycles. The van der Waals surface area contributed by atoms with Gasteiger partial charge in [0.1, 0.15) is 0 Å². The number of carbonyl (C=O) groups is 1. The van der Waals surface area contributed by atoms with Crippen LogP contribution in [0.3, 0.4) is 0 Å². The maximum atomic E-state index is 12.1. The molecule has 1 heterocycles. The Bertz CT molecular complexity index is 604. The van der Waals surface area contributed by atoms with E-state index in [2.05, 4.69) is 10.4 Å². The molecule has 2 aromatic rings. The van der Waals surface area contributed by atoms with Crippen molar-refractivity contribution < 1.29 is 4.79 Å². The van der Waals surface area contributed by atoms with E-state index in [9.17, 15) is 4.79 Å². The number of aromatic nitrogens is 2. The Hall–Kier alpha value is -2.30. The van der Waals surface area contributed by atoms with Crippen LogP contribution >= 0.6 is 0 Å². The van der Waals surface area contributed by atoms with Crippen molar-refractivity contribution in [2.24, 2.45) is 7.05 Å². The number of hydrogen-bond acceptors (Lipinski definition) is 3. The highest BCUT2D eigenvalue weighted by molar-refractivity contribution is 5.95. The van der Waals surface area contributed by atoms with E-state index in [1.165, 1.54) is 5.56 Å². The van der Waals surface area contributed by atoms with E-state index in [0.717, 1.165) is 18.5 Å². The summed E-state index contributed by atoms with van der Waals surface area (Å²) >= 11 is 0. The van der Waals surface area contributed by atoms with Crippen LogP contribution in [0.15, 0.2) is 36.7 Å². The highest BCUT2D eigenvalue weighted by Crippen LogP contribution is 2.13. The second-order valence-electron chi connectivity index (χ2n) is 5.33. The van der Waals surface area contributed by atoms with Gasteiger partial charge < -0.3 is 10.2 Å². The monoisotopic (exact) mass is 286 g/mol. The van der Waals surface area contributed by atoms with Crippen LogP contribution in [-0.4, -0.2) is 36.3 Å². The Morgan fingerprint density at radius 1 is 1.38 bits per heavy atom. The van der Waals surface area contributed by atoms with Crippen molar-refractivity contribution in [3.05, 3.63) is 47.8 Å². The highest BCUT2D eigenvalue weighted by atomic mass is 16.1. The van der Waals surface area contributed by atoms with Crippen molar-refractivity contribution in [3.8, 4) is 0 Å². The van der Waals surface area contributed by atoms with Gasteiger partial charge in [-0.25, -0.2) is 0 Å². The summed E-state index contributed by atoms with van der Waals surface area (Å²) < 4.78 is 1.79. The summed E-state index contributed by atoms with van der Waals surface area (Å²) in [7, 11) is 5.83. The van der Waals surface area contributed by atoms with Crippen LogP contribution in [0, 0.1) is 0 Å². The Kier molecular flexibility index (Phi) is 4.98. The number of anilines is 1. The van der Waals surface area contributed by atoms with Gasteiger partial charge in [0, 0.05) is 45.1 Å². The Morgan fingerprint density at radius 2 is 2.19 bits per heavy atom. The minimum Gasteiger partial charge on any atom is -0.378 e. The molecule has 0 unspecified atom stereocenters. The molecule has 1 N–H and O–H groups in total. The Labute approximate surface area is 125 Å². The second kappa shape index (κ2) is 6.92. The minimum atomic E-state index is -0.0233. The van der Waals surface area contributed by atoms with E-state index in [-0.39, 0.29) is 5.91 Å². The molecule has 0 bridgehead atoms. The van der Waals surface area contributed by atoms with Crippen molar-refractivity contribution in [1.82, 2.24) is 15.1 Å². The normalized spacial score (nSPS) is 10.4. The van der Waals surface area contributed by atoms with Gasteiger partial charge in [0.2, 0.25) is 0 Å². The smallest absolute Gasteiger partial charge is 0.251 e. The first kappa shape index (κ1) is 15.1. The van der Waals surface area contributed by atoms with Gasteiger partial charge in [-0.3, -0.25) is 9.48 Å². The van der Waals surface area contributed by atoms with E-state index >= 15 is 0 Å². The highest BCUT2D eigenvalue weighted by Gasteiger charge is 2.06. The summed E-state index contributed by atoms with van der Waals surface area (Å²) in [6.45, 7) is 0.667. The molecule has 112 valence electrons. The van der Waals surface area contributed by atoms with Crippen LogP contribution in [0.4, 0.5) is 5.69 Å². The molecule has 0 aliphatic carbocycles. The van der Waals surface area contributed by atoms with Crippen molar-refractivity contribution in [1.29, 1.82) is 0 Å². The van der Waals surface area contributed by atoms with Gasteiger partial charge in [-0.15, -0.1) is 0 Å². The van der Waals surface area contributed by atoms with Crippen molar-refractivity contribution in [3.63, 3.8) is 0 Å². The van der Waals surface area contributed by atoms with Crippen LogP contribution in [0.2, 0.25) is 0 Å². The van der Waals surface area contributed by atoms with E-state index < -0.39 is 0 Å². The molecule has 0 spiro atoms. The van der Waals surface area contributed by atoms with Crippen LogP contribution in [0.5, 0.6) is 0 Å². The van der Waals surface area contributed by atoms with Gasteiger partial charge in [0.15, 0.2) is 0 Å². The Balaban J connectivity index is 1.80. The van der Waals surface area contributed by atoms with Crippen molar-refractivity contribution in [2.75, 3.05) is 25.5 Å². The first-order chi connectivity index (χ1) is 10.1. The van der Waals surface area contributed by atoms with E-state index in [1.807, 2.05) is 62.7 Å². The number of amides is 1. The lowest BCUT2D eigenvalue weighted by Crippen LogP contribution is -2.25. The maximum Gasteiger partial charge on any atom is 0.251 e. The number of aryl methyl sites for hydroxylation is 2. The minimum absolute atomic E-state index is 0.0233. The largest absolute Gasteiger partial charge is 0.378 e. The van der Waals surface area contributed by atoms with Crippen molar-refractivity contribution in [2.45, 2.75) is 12.8 Å². The predicted molar refractivity (Wildman–Crippen MR) is 84.6 cm³/mol. The first-order valence-electron chi connectivity index (χ1n) is 7.09. The van der Waals surface area contributed by atoms with Crippen LogP contribution < -0.4 is 10.2 Å². The molecule has 0 atom stereocenters. The van der Waals surface area contributed by atoms with Crippen LogP contribution in [0.1, 0.15) is 22.3 Å². The lowest BCUT2D eigenvalue weighted by molar-refractivity contribution is 0.0953.